The van der Waals surface area contributed by atoms with Crippen molar-refractivity contribution in [3.05, 3.63) is 59.7 Å². The third-order valence-electron chi connectivity index (χ3n) is 6.26. The van der Waals surface area contributed by atoms with Gasteiger partial charge in [-0.2, -0.15) is 0 Å². The molecule has 0 aliphatic carbocycles. The van der Waals surface area contributed by atoms with Gasteiger partial charge in [-0.05, 0) is 61.8 Å². The Bertz CT molecular complexity index is 769. The molecule has 6 nitrogen and oxygen atoms in total. The molecule has 6 heteroatoms. The van der Waals surface area contributed by atoms with Gasteiger partial charge in [0.25, 0.3) is 0 Å². The van der Waals surface area contributed by atoms with Crippen LogP contribution in [0.2, 0.25) is 0 Å². The molecular formula is C25H34O6. The van der Waals surface area contributed by atoms with E-state index in [9.17, 15) is 20.4 Å². The van der Waals surface area contributed by atoms with Crippen molar-refractivity contribution in [1.29, 1.82) is 0 Å². The Kier molecular flexibility index (Phi) is 7.94. The summed E-state index contributed by atoms with van der Waals surface area (Å²) in [6, 6.07) is 14.1. The number of aliphatic hydroxyl groups is 2. The zero-order valence-electron chi connectivity index (χ0n) is 18.3. The number of aromatic hydroxyl groups is 2. The maximum absolute atomic E-state index is 10.9. The first-order chi connectivity index (χ1) is 14.9. The number of ether oxygens (including phenoxy) is 2. The number of para-hydroxylation sites is 2. The maximum atomic E-state index is 10.9. The fourth-order valence-corrected chi connectivity index (χ4v) is 4.22. The standard InChI is InChI=1S/C25H34O6/c1-3-25(4-2)30-23(21(28)15-13-17-9-5-7-11-19(17)26)24(31-25)22(29)16-14-18-10-6-8-12-20(18)27/h5-12,21-24,26-29H,3-4,13-16H2,1-2H3/t21-,22-,23+,24+/m0/s1. The van der Waals surface area contributed by atoms with Crippen molar-refractivity contribution in [3.8, 4) is 11.5 Å². The summed E-state index contributed by atoms with van der Waals surface area (Å²) in [5, 5.41) is 41.9. The molecule has 0 spiro atoms. The smallest absolute Gasteiger partial charge is 0.169 e. The van der Waals surface area contributed by atoms with Gasteiger partial charge in [0.05, 0.1) is 12.2 Å². The predicted octanol–water partition coefficient (Wildman–Crippen LogP) is 3.69. The second-order valence-corrected chi connectivity index (χ2v) is 8.25. The summed E-state index contributed by atoms with van der Waals surface area (Å²) in [6.45, 7) is 3.93. The average Bonchev–Trinajstić information content (AvgIpc) is 3.18. The number of rotatable bonds is 10. The van der Waals surface area contributed by atoms with Crippen molar-refractivity contribution in [1.82, 2.24) is 0 Å². The number of hydrogen-bond donors (Lipinski definition) is 4. The molecule has 0 radical (unpaired) electrons. The first-order valence-electron chi connectivity index (χ1n) is 11.1. The molecule has 3 rings (SSSR count). The Morgan fingerprint density at radius 1 is 0.742 bits per heavy atom. The van der Waals surface area contributed by atoms with Gasteiger partial charge in [-0.1, -0.05) is 50.2 Å². The van der Waals surface area contributed by atoms with Gasteiger partial charge in [0.1, 0.15) is 23.7 Å². The lowest BCUT2D eigenvalue weighted by atomic mass is 9.94. The lowest BCUT2D eigenvalue weighted by Gasteiger charge is -2.26. The summed E-state index contributed by atoms with van der Waals surface area (Å²) < 4.78 is 12.4. The molecule has 2 aromatic carbocycles. The van der Waals surface area contributed by atoms with Crippen LogP contribution in [0.5, 0.6) is 11.5 Å². The van der Waals surface area contributed by atoms with Crippen LogP contribution in [0.1, 0.15) is 50.7 Å². The molecular weight excluding hydrogens is 396 g/mol. The Hall–Kier alpha value is -2.12. The largest absolute Gasteiger partial charge is 0.508 e. The molecule has 31 heavy (non-hydrogen) atoms. The van der Waals surface area contributed by atoms with Gasteiger partial charge < -0.3 is 29.9 Å². The predicted molar refractivity (Wildman–Crippen MR) is 118 cm³/mol. The number of phenolic OH excluding ortho intramolecular Hbond substituents is 2. The first kappa shape index (κ1) is 23.5. The van der Waals surface area contributed by atoms with Crippen molar-refractivity contribution in [2.45, 2.75) is 82.6 Å². The van der Waals surface area contributed by atoms with Crippen LogP contribution in [0.15, 0.2) is 48.5 Å². The van der Waals surface area contributed by atoms with Gasteiger partial charge in [-0.15, -0.1) is 0 Å². The van der Waals surface area contributed by atoms with Crippen LogP contribution in [0.3, 0.4) is 0 Å². The van der Waals surface area contributed by atoms with Crippen LogP contribution in [0.25, 0.3) is 0 Å². The molecule has 4 N–H and O–H groups in total. The normalized spacial score (nSPS) is 22.3. The van der Waals surface area contributed by atoms with Gasteiger partial charge >= 0.3 is 0 Å². The SMILES string of the molecule is CCC1(CC)O[C@H]([C@@H](O)CCc2ccccc2O)[C@@H]([C@@H](O)CCc2ccccc2O)O1. The minimum absolute atomic E-state index is 0.203. The van der Waals surface area contributed by atoms with Crippen LogP contribution in [0.4, 0.5) is 0 Å². The minimum atomic E-state index is -0.857. The van der Waals surface area contributed by atoms with E-state index in [0.717, 1.165) is 11.1 Å². The number of phenols is 2. The van der Waals surface area contributed by atoms with E-state index < -0.39 is 30.2 Å². The minimum Gasteiger partial charge on any atom is -0.508 e. The lowest BCUT2D eigenvalue weighted by Crippen LogP contribution is -2.42. The van der Waals surface area contributed by atoms with Crippen LogP contribution in [-0.2, 0) is 22.3 Å². The molecule has 0 bridgehead atoms. The van der Waals surface area contributed by atoms with Gasteiger partial charge in [0.2, 0.25) is 0 Å². The number of benzene rings is 2. The van der Waals surface area contributed by atoms with Gasteiger partial charge in [-0.3, -0.25) is 0 Å². The third kappa shape index (κ3) is 5.57. The van der Waals surface area contributed by atoms with Gasteiger partial charge in [0, 0.05) is 0 Å². The molecule has 4 atom stereocenters. The number of aliphatic hydroxyl groups excluding tert-OH is 2. The molecule has 2 aromatic rings. The molecule has 1 saturated heterocycles. The van der Waals surface area contributed by atoms with Gasteiger partial charge in [0.15, 0.2) is 5.79 Å². The topological polar surface area (TPSA) is 99.4 Å². The highest BCUT2D eigenvalue weighted by Gasteiger charge is 2.50. The molecule has 1 aliphatic rings. The van der Waals surface area contributed by atoms with Gasteiger partial charge in [-0.25, -0.2) is 0 Å². The Morgan fingerprint density at radius 2 is 1.13 bits per heavy atom. The third-order valence-corrected chi connectivity index (χ3v) is 6.26. The van der Waals surface area contributed by atoms with Crippen LogP contribution in [-0.4, -0.2) is 50.6 Å². The van der Waals surface area contributed by atoms with Crippen molar-refractivity contribution in [2.24, 2.45) is 0 Å². The molecule has 1 aliphatic heterocycles. The summed E-state index contributed by atoms with van der Waals surface area (Å²) in [7, 11) is 0. The highest BCUT2D eigenvalue weighted by molar-refractivity contribution is 5.32. The Labute approximate surface area is 184 Å². The highest BCUT2D eigenvalue weighted by Crippen LogP contribution is 2.38. The van der Waals surface area contributed by atoms with E-state index in [1.54, 1.807) is 24.3 Å². The van der Waals surface area contributed by atoms with Crippen molar-refractivity contribution in [2.75, 3.05) is 0 Å². The molecule has 0 amide bonds. The zero-order valence-corrected chi connectivity index (χ0v) is 18.3. The van der Waals surface area contributed by atoms with Crippen LogP contribution >= 0.6 is 0 Å². The maximum Gasteiger partial charge on any atom is 0.169 e. The molecule has 0 saturated carbocycles. The number of hydrogen-bond acceptors (Lipinski definition) is 6. The summed E-state index contributed by atoms with van der Waals surface area (Å²) >= 11 is 0. The molecule has 170 valence electrons. The first-order valence-corrected chi connectivity index (χ1v) is 11.1. The summed E-state index contributed by atoms with van der Waals surface area (Å²) in [6.07, 6.45) is -0.137. The van der Waals surface area contributed by atoms with E-state index >= 15 is 0 Å². The summed E-state index contributed by atoms with van der Waals surface area (Å²) in [5.41, 5.74) is 1.52. The quantitative estimate of drug-likeness (QED) is 0.459. The van der Waals surface area contributed by atoms with Crippen molar-refractivity contribution >= 4 is 0 Å². The average molecular weight is 431 g/mol. The lowest BCUT2D eigenvalue weighted by molar-refractivity contribution is -0.191. The van der Waals surface area contributed by atoms with Crippen LogP contribution < -0.4 is 0 Å². The van der Waals surface area contributed by atoms with Crippen molar-refractivity contribution in [3.63, 3.8) is 0 Å². The monoisotopic (exact) mass is 430 g/mol. The fraction of sp³-hybridized carbons (Fsp3) is 0.520. The second kappa shape index (κ2) is 10.5. The van der Waals surface area contributed by atoms with E-state index in [-0.39, 0.29) is 11.5 Å². The van der Waals surface area contributed by atoms with E-state index in [4.69, 9.17) is 9.47 Å². The number of aryl methyl sites for hydroxylation is 2. The summed E-state index contributed by atoms with van der Waals surface area (Å²) in [5.74, 6) is -0.427. The highest BCUT2D eigenvalue weighted by atomic mass is 16.8. The fourth-order valence-electron chi connectivity index (χ4n) is 4.22. The zero-order chi connectivity index (χ0) is 22.4. The van der Waals surface area contributed by atoms with E-state index in [0.29, 0.717) is 38.5 Å². The van der Waals surface area contributed by atoms with E-state index in [2.05, 4.69) is 0 Å². The summed E-state index contributed by atoms with van der Waals surface area (Å²) in [4.78, 5) is 0. The van der Waals surface area contributed by atoms with Crippen LogP contribution in [0, 0.1) is 0 Å². The van der Waals surface area contributed by atoms with Crippen molar-refractivity contribution < 1.29 is 29.9 Å². The van der Waals surface area contributed by atoms with E-state index in [1.807, 2.05) is 38.1 Å². The molecule has 0 aromatic heterocycles. The second-order valence-electron chi connectivity index (χ2n) is 8.25. The molecule has 0 unspecified atom stereocenters. The van der Waals surface area contributed by atoms with E-state index in [1.165, 1.54) is 0 Å². The molecule has 1 fully saturated rings. The Balaban J connectivity index is 1.69. The Morgan fingerprint density at radius 3 is 1.48 bits per heavy atom. The molecule has 1 heterocycles.